The lowest BCUT2D eigenvalue weighted by Crippen LogP contribution is -1.84. The van der Waals surface area contributed by atoms with Crippen LogP contribution in [0.3, 0.4) is 0 Å². The van der Waals surface area contributed by atoms with Crippen LogP contribution in [0.2, 0.25) is 0 Å². The first-order valence-electron chi connectivity index (χ1n) is 4.19. The lowest BCUT2D eigenvalue weighted by Gasteiger charge is -1.97. The molecule has 72 valence electrons. The van der Waals surface area contributed by atoms with Gasteiger partial charge >= 0.3 is 0 Å². The predicted octanol–water partition coefficient (Wildman–Crippen LogP) is 1.94. The normalized spacial score (nSPS) is 10.4. The molecule has 4 heteroatoms. The van der Waals surface area contributed by atoms with E-state index in [0.29, 0.717) is 11.6 Å². The van der Waals surface area contributed by atoms with E-state index in [1.807, 2.05) is 13.0 Å². The van der Waals surface area contributed by atoms with Gasteiger partial charge in [-0.1, -0.05) is 17.3 Å². The van der Waals surface area contributed by atoms with E-state index in [2.05, 4.69) is 5.16 Å². The number of aromatic nitrogens is 1. The fourth-order valence-electron chi connectivity index (χ4n) is 1.27. The second kappa shape index (κ2) is 3.06. The number of phenolic OH excluding ortho intramolecular Hbond substituents is 1. The topological polar surface area (TPSA) is 72.3 Å². The van der Waals surface area contributed by atoms with Crippen molar-refractivity contribution in [1.29, 1.82) is 0 Å². The molecule has 2 rings (SSSR count). The fraction of sp³-hybridized carbons (Fsp3) is 0.100. The van der Waals surface area contributed by atoms with Crippen molar-refractivity contribution in [1.82, 2.24) is 5.16 Å². The maximum absolute atomic E-state index is 9.28. The molecule has 0 aliphatic carbocycles. The zero-order chi connectivity index (χ0) is 10.1. The molecule has 0 spiro atoms. The molecule has 0 saturated carbocycles. The summed E-state index contributed by atoms with van der Waals surface area (Å²) in [5.74, 6) is 0.506. The Kier molecular flexibility index (Phi) is 1.89. The van der Waals surface area contributed by atoms with E-state index in [9.17, 15) is 5.11 Å². The SMILES string of the molecule is Cc1c(-c2cccc(O)c2)noc1N. The largest absolute Gasteiger partial charge is 0.508 e. The molecule has 0 saturated heterocycles. The molecule has 0 aliphatic heterocycles. The van der Waals surface area contributed by atoms with Crippen molar-refractivity contribution in [3.8, 4) is 17.0 Å². The summed E-state index contributed by atoms with van der Waals surface area (Å²) >= 11 is 0. The standard InChI is InChI=1S/C10H10N2O2/c1-6-9(12-14-10(6)11)7-3-2-4-8(13)5-7/h2-5,13H,11H2,1H3. The molecular weight excluding hydrogens is 180 g/mol. The minimum atomic E-state index is 0.198. The number of hydrogen-bond acceptors (Lipinski definition) is 4. The van der Waals surface area contributed by atoms with Crippen LogP contribution >= 0.6 is 0 Å². The summed E-state index contributed by atoms with van der Waals surface area (Å²) in [6.45, 7) is 1.82. The summed E-state index contributed by atoms with van der Waals surface area (Å²) in [7, 11) is 0. The maximum Gasteiger partial charge on any atom is 0.225 e. The molecule has 0 bridgehead atoms. The van der Waals surface area contributed by atoms with Gasteiger partial charge in [-0.2, -0.15) is 0 Å². The zero-order valence-electron chi connectivity index (χ0n) is 7.69. The van der Waals surface area contributed by atoms with Gasteiger partial charge in [0.1, 0.15) is 11.4 Å². The summed E-state index contributed by atoms with van der Waals surface area (Å²) in [5.41, 5.74) is 7.77. The van der Waals surface area contributed by atoms with Crippen LogP contribution in [0.1, 0.15) is 5.56 Å². The Morgan fingerprint density at radius 3 is 2.79 bits per heavy atom. The van der Waals surface area contributed by atoms with E-state index >= 15 is 0 Å². The van der Waals surface area contributed by atoms with Crippen LogP contribution in [-0.2, 0) is 0 Å². The fourth-order valence-corrected chi connectivity index (χ4v) is 1.27. The van der Waals surface area contributed by atoms with Gasteiger partial charge in [0.2, 0.25) is 5.88 Å². The smallest absolute Gasteiger partial charge is 0.225 e. The number of rotatable bonds is 1. The van der Waals surface area contributed by atoms with Gasteiger partial charge in [0.05, 0.1) is 0 Å². The highest BCUT2D eigenvalue weighted by atomic mass is 16.5. The number of aromatic hydroxyl groups is 1. The summed E-state index contributed by atoms with van der Waals surface area (Å²) in [6, 6.07) is 6.80. The summed E-state index contributed by atoms with van der Waals surface area (Å²) < 4.78 is 4.84. The number of phenols is 1. The molecule has 0 fully saturated rings. The Morgan fingerprint density at radius 2 is 2.21 bits per heavy atom. The highest BCUT2D eigenvalue weighted by Gasteiger charge is 2.10. The molecular formula is C10H10N2O2. The second-order valence-electron chi connectivity index (χ2n) is 3.07. The van der Waals surface area contributed by atoms with Crippen LogP contribution in [0.4, 0.5) is 5.88 Å². The Labute approximate surface area is 81.0 Å². The van der Waals surface area contributed by atoms with Gasteiger partial charge in [-0.15, -0.1) is 0 Å². The van der Waals surface area contributed by atoms with Crippen LogP contribution in [-0.4, -0.2) is 10.3 Å². The Balaban J connectivity index is 2.55. The first-order chi connectivity index (χ1) is 6.68. The van der Waals surface area contributed by atoms with Gasteiger partial charge in [0, 0.05) is 11.1 Å². The van der Waals surface area contributed by atoms with E-state index in [0.717, 1.165) is 11.1 Å². The molecule has 0 aliphatic rings. The average molecular weight is 190 g/mol. The first kappa shape index (κ1) is 8.62. The highest BCUT2D eigenvalue weighted by molar-refractivity contribution is 5.67. The summed E-state index contributed by atoms with van der Waals surface area (Å²) in [4.78, 5) is 0. The van der Waals surface area contributed by atoms with Crippen LogP contribution in [0.5, 0.6) is 5.75 Å². The maximum atomic E-state index is 9.28. The molecule has 0 unspecified atom stereocenters. The molecule has 1 heterocycles. The number of nitrogens with zero attached hydrogens (tertiary/aromatic N) is 1. The van der Waals surface area contributed by atoms with Crippen molar-refractivity contribution in [2.45, 2.75) is 6.92 Å². The van der Waals surface area contributed by atoms with E-state index < -0.39 is 0 Å². The second-order valence-corrected chi connectivity index (χ2v) is 3.07. The molecule has 14 heavy (non-hydrogen) atoms. The third kappa shape index (κ3) is 1.31. The third-order valence-electron chi connectivity index (χ3n) is 2.08. The van der Waals surface area contributed by atoms with Crippen LogP contribution < -0.4 is 5.73 Å². The van der Waals surface area contributed by atoms with Crippen molar-refractivity contribution in [2.24, 2.45) is 0 Å². The van der Waals surface area contributed by atoms with Crippen molar-refractivity contribution in [3.63, 3.8) is 0 Å². The summed E-state index contributed by atoms with van der Waals surface area (Å²) in [5, 5.41) is 13.1. The molecule has 3 N–H and O–H groups in total. The predicted molar refractivity (Wildman–Crippen MR) is 52.8 cm³/mol. The van der Waals surface area contributed by atoms with E-state index in [4.69, 9.17) is 10.3 Å². The average Bonchev–Trinajstić information content (AvgIpc) is 2.48. The summed E-state index contributed by atoms with van der Waals surface area (Å²) in [6.07, 6.45) is 0. The third-order valence-corrected chi connectivity index (χ3v) is 2.08. The number of nitrogens with two attached hydrogens (primary N) is 1. The Bertz CT molecular complexity index is 463. The zero-order valence-corrected chi connectivity index (χ0v) is 7.69. The molecule has 2 aromatic rings. The van der Waals surface area contributed by atoms with Crippen molar-refractivity contribution < 1.29 is 9.63 Å². The van der Waals surface area contributed by atoms with Gasteiger partial charge in [0.15, 0.2) is 0 Å². The molecule has 0 atom stereocenters. The van der Waals surface area contributed by atoms with E-state index in [1.54, 1.807) is 18.2 Å². The molecule has 1 aromatic carbocycles. The number of anilines is 1. The van der Waals surface area contributed by atoms with Gasteiger partial charge in [-0.05, 0) is 19.1 Å². The van der Waals surface area contributed by atoms with E-state index in [1.165, 1.54) is 0 Å². The van der Waals surface area contributed by atoms with Crippen LogP contribution in [0, 0.1) is 6.92 Å². The van der Waals surface area contributed by atoms with Crippen LogP contribution in [0.15, 0.2) is 28.8 Å². The van der Waals surface area contributed by atoms with Gasteiger partial charge in [0.25, 0.3) is 0 Å². The van der Waals surface area contributed by atoms with Crippen LogP contribution in [0.25, 0.3) is 11.3 Å². The van der Waals surface area contributed by atoms with Gasteiger partial charge in [-0.3, -0.25) is 0 Å². The van der Waals surface area contributed by atoms with Crippen molar-refractivity contribution in [2.75, 3.05) is 5.73 Å². The van der Waals surface area contributed by atoms with Gasteiger partial charge in [-0.25, -0.2) is 0 Å². The molecule has 0 amide bonds. The lowest BCUT2D eigenvalue weighted by molar-refractivity contribution is 0.438. The minimum absolute atomic E-state index is 0.198. The molecule has 0 radical (unpaired) electrons. The quantitative estimate of drug-likeness (QED) is 0.720. The monoisotopic (exact) mass is 190 g/mol. The Morgan fingerprint density at radius 1 is 1.43 bits per heavy atom. The number of nitrogen functional groups attached to an aromatic ring is 1. The first-order valence-corrected chi connectivity index (χ1v) is 4.19. The van der Waals surface area contributed by atoms with E-state index in [-0.39, 0.29) is 5.75 Å². The highest BCUT2D eigenvalue weighted by Crippen LogP contribution is 2.27. The minimum Gasteiger partial charge on any atom is -0.508 e. The molecule has 4 nitrogen and oxygen atoms in total. The number of hydrogen-bond donors (Lipinski definition) is 2. The van der Waals surface area contributed by atoms with Crippen molar-refractivity contribution >= 4 is 5.88 Å². The lowest BCUT2D eigenvalue weighted by atomic mass is 10.1. The Hall–Kier alpha value is -1.97. The van der Waals surface area contributed by atoms with Gasteiger partial charge < -0.3 is 15.4 Å². The number of benzene rings is 1. The van der Waals surface area contributed by atoms with Crippen molar-refractivity contribution in [3.05, 3.63) is 29.8 Å². The molecule has 1 aromatic heterocycles.